The van der Waals surface area contributed by atoms with Crippen molar-refractivity contribution in [2.75, 3.05) is 20.1 Å². The Morgan fingerprint density at radius 2 is 1.94 bits per heavy atom. The molecule has 0 heterocycles. The topological polar surface area (TPSA) is 75.4 Å². The normalized spacial score (nSPS) is 17.5. The lowest BCUT2D eigenvalue weighted by atomic mass is 10.2. The van der Waals surface area contributed by atoms with Gasteiger partial charge in [-0.25, -0.2) is 0 Å². The third-order valence-electron chi connectivity index (χ3n) is 2.43. The van der Waals surface area contributed by atoms with Gasteiger partial charge in [-0.15, -0.1) is 0 Å². The molecule has 0 radical (unpaired) electrons. The van der Waals surface area contributed by atoms with E-state index in [-0.39, 0.29) is 0 Å². The summed E-state index contributed by atoms with van der Waals surface area (Å²) in [7, 11) is 1.34. The highest BCUT2D eigenvalue weighted by atomic mass is 19.4. The smallest absolute Gasteiger partial charge is 0.345 e. The molecule has 2 amide bonds. The number of rotatable bonds is 4. The van der Waals surface area contributed by atoms with Crippen molar-refractivity contribution >= 4 is 11.8 Å². The quantitative estimate of drug-likeness (QED) is 0.716. The number of alkyl halides is 3. The zero-order chi connectivity index (χ0) is 13.3. The highest BCUT2D eigenvalue weighted by molar-refractivity contribution is 5.92. The maximum atomic E-state index is 11.8. The molecular formula is C9H14F3N3O2. The molecule has 0 aromatic carbocycles. The summed E-state index contributed by atoms with van der Waals surface area (Å²) in [5, 5.41) is 1.68. The van der Waals surface area contributed by atoms with Crippen LogP contribution in [0.5, 0.6) is 0 Å². The lowest BCUT2D eigenvalue weighted by molar-refractivity contribution is -0.142. The molecule has 98 valence electrons. The number of carbonyl (C=O) groups excluding carboxylic acids is 2. The number of likely N-dealkylation sites (N-methyl/N-ethyl adjacent to an activating group) is 1. The Bertz CT molecular complexity index is 326. The average molecular weight is 253 g/mol. The first kappa shape index (κ1) is 13.8. The first-order chi connectivity index (χ1) is 7.64. The molecule has 1 aliphatic carbocycles. The van der Waals surface area contributed by atoms with Crippen LogP contribution in [0.2, 0.25) is 0 Å². The second-order valence-electron chi connectivity index (χ2n) is 4.21. The van der Waals surface area contributed by atoms with Crippen LogP contribution in [0.15, 0.2) is 0 Å². The Labute approximate surface area is 96.1 Å². The third-order valence-corrected chi connectivity index (χ3v) is 2.43. The van der Waals surface area contributed by atoms with E-state index in [2.05, 4.69) is 0 Å². The van der Waals surface area contributed by atoms with Crippen LogP contribution in [0, 0.1) is 0 Å². The molecule has 0 unspecified atom stereocenters. The zero-order valence-electron chi connectivity index (χ0n) is 9.30. The van der Waals surface area contributed by atoms with Crippen LogP contribution in [0.3, 0.4) is 0 Å². The molecule has 0 aromatic heterocycles. The van der Waals surface area contributed by atoms with Crippen LogP contribution in [0.25, 0.3) is 0 Å². The lowest BCUT2D eigenvalue weighted by Crippen LogP contribution is -2.48. The number of hydrogen-bond acceptors (Lipinski definition) is 3. The van der Waals surface area contributed by atoms with E-state index in [0.717, 1.165) is 4.90 Å². The van der Waals surface area contributed by atoms with Crippen LogP contribution in [0.4, 0.5) is 13.2 Å². The van der Waals surface area contributed by atoms with Gasteiger partial charge in [0, 0.05) is 7.05 Å². The van der Waals surface area contributed by atoms with E-state index < -0.39 is 36.6 Å². The van der Waals surface area contributed by atoms with Crippen molar-refractivity contribution in [2.45, 2.75) is 24.6 Å². The maximum Gasteiger partial charge on any atom is 0.405 e. The predicted octanol–water partition coefficient (Wildman–Crippen LogP) is -0.385. The fraction of sp³-hybridized carbons (Fsp3) is 0.778. The Balaban J connectivity index is 2.33. The van der Waals surface area contributed by atoms with Gasteiger partial charge in [0.25, 0.3) is 0 Å². The van der Waals surface area contributed by atoms with Gasteiger partial charge in [0.1, 0.15) is 6.54 Å². The highest BCUT2D eigenvalue weighted by Crippen LogP contribution is 2.33. The molecular weight excluding hydrogens is 239 g/mol. The van der Waals surface area contributed by atoms with Crippen molar-refractivity contribution in [1.29, 1.82) is 0 Å². The van der Waals surface area contributed by atoms with Crippen LogP contribution >= 0.6 is 0 Å². The van der Waals surface area contributed by atoms with E-state index in [1.165, 1.54) is 7.05 Å². The number of nitrogens with one attached hydrogen (secondary N) is 1. The van der Waals surface area contributed by atoms with Crippen LogP contribution in [-0.4, -0.2) is 48.6 Å². The summed E-state index contributed by atoms with van der Waals surface area (Å²) in [5.41, 5.74) is 4.69. The van der Waals surface area contributed by atoms with Crippen LogP contribution in [-0.2, 0) is 9.59 Å². The monoisotopic (exact) mass is 253 g/mol. The molecule has 0 bridgehead atoms. The second-order valence-corrected chi connectivity index (χ2v) is 4.21. The van der Waals surface area contributed by atoms with Crippen molar-refractivity contribution in [3.05, 3.63) is 0 Å². The molecule has 0 aliphatic heterocycles. The minimum atomic E-state index is -4.45. The van der Waals surface area contributed by atoms with Crippen molar-refractivity contribution in [3.8, 4) is 0 Å². The molecule has 5 nitrogen and oxygen atoms in total. The molecule has 17 heavy (non-hydrogen) atoms. The number of carbonyl (C=O) groups is 2. The summed E-state index contributed by atoms with van der Waals surface area (Å²) >= 11 is 0. The van der Waals surface area contributed by atoms with Crippen LogP contribution < -0.4 is 11.1 Å². The van der Waals surface area contributed by atoms with Gasteiger partial charge in [0.2, 0.25) is 11.8 Å². The van der Waals surface area contributed by atoms with Gasteiger partial charge in [0.15, 0.2) is 0 Å². The van der Waals surface area contributed by atoms with Gasteiger partial charge >= 0.3 is 6.18 Å². The molecule has 3 N–H and O–H groups in total. The number of amides is 2. The summed E-state index contributed by atoms with van der Waals surface area (Å²) in [5.74, 6) is -1.28. The first-order valence-electron chi connectivity index (χ1n) is 5.02. The summed E-state index contributed by atoms with van der Waals surface area (Å²) in [6.07, 6.45) is -3.37. The molecule has 1 aliphatic rings. The zero-order valence-corrected chi connectivity index (χ0v) is 9.30. The van der Waals surface area contributed by atoms with Crippen molar-refractivity contribution in [2.24, 2.45) is 5.73 Å². The average Bonchev–Trinajstić information content (AvgIpc) is 2.92. The maximum absolute atomic E-state index is 11.8. The minimum absolute atomic E-state index is 0.417. The van der Waals surface area contributed by atoms with Crippen molar-refractivity contribution < 1.29 is 22.8 Å². The molecule has 1 saturated carbocycles. The Morgan fingerprint density at radius 3 is 2.35 bits per heavy atom. The van der Waals surface area contributed by atoms with Gasteiger partial charge in [-0.3, -0.25) is 9.59 Å². The second kappa shape index (κ2) is 4.52. The molecule has 0 saturated heterocycles. The van der Waals surface area contributed by atoms with Crippen LogP contribution in [0.1, 0.15) is 12.8 Å². The van der Waals surface area contributed by atoms with Crippen molar-refractivity contribution in [3.63, 3.8) is 0 Å². The highest BCUT2D eigenvalue weighted by Gasteiger charge is 2.47. The van der Waals surface area contributed by atoms with E-state index in [9.17, 15) is 22.8 Å². The Hall–Kier alpha value is -1.31. The standard InChI is InChI=1S/C9H14F3N3O2/c1-15(7(17)8(13)2-3-8)4-6(16)14-5-9(10,11)12/h2-5,13H2,1H3,(H,14,16). The van der Waals surface area contributed by atoms with E-state index in [0.29, 0.717) is 12.8 Å². The Morgan fingerprint density at radius 1 is 1.41 bits per heavy atom. The summed E-state index contributed by atoms with van der Waals surface area (Å²) in [6.45, 7) is -1.82. The first-order valence-corrected chi connectivity index (χ1v) is 5.02. The van der Waals surface area contributed by atoms with Gasteiger partial charge in [0.05, 0.1) is 12.1 Å². The molecule has 1 rings (SSSR count). The molecule has 1 fully saturated rings. The number of nitrogens with two attached hydrogens (primary N) is 1. The number of hydrogen-bond donors (Lipinski definition) is 2. The van der Waals surface area contributed by atoms with Gasteiger partial charge in [-0.1, -0.05) is 0 Å². The summed E-state index contributed by atoms with van der Waals surface area (Å²) in [4.78, 5) is 23.7. The van der Waals surface area contributed by atoms with E-state index in [1.807, 2.05) is 0 Å². The van der Waals surface area contributed by atoms with E-state index >= 15 is 0 Å². The molecule has 0 aromatic rings. The van der Waals surface area contributed by atoms with E-state index in [1.54, 1.807) is 5.32 Å². The molecule has 0 spiro atoms. The fourth-order valence-corrected chi connectivity index (χ4v) is 1.27. The lowest BCUT2D eigenvalue weighted by Gasteiger charge is -2.20. The number of halogens is 3. The summed E-state index contributed by atoms with van der Waals surface area (Å²) < 4.78 is 35.4. The Kier molecular flexibility index (Phi) is 3.65. The minimum Gasteiger partial charge on any atom is -0.345 e. The largest absolute Gasteiger partial charge is 0.405 e. The predicted molar refractivity (Wildman–Crippen MR) is 52.9 cm³/mol. The van der Waals surface area contributed by atoms with Gasteiger partial charge in [-0.05, 0) is 12.8 Å². The van der Waals surface area contributed by atoms with Gasteiger partial charge < -0.3 is 16.0 Å². The third kappa shape index (κ3) is 4.22. The SMILES string of the molecule is CN(CC(=O)NCC(F)(F)F)C(=O)C1(N)CC1. The van der Waals surface area contributed by atoms with Crippen molar-refractivity contribution in [1.82, 2.24) is 10.2 Å². The van der Waals surface area contributed by atoms with Gasteiger partial charge in [-0.2, -0.15) is 13.2 Å². The number of nitrogens with zero attached hydrogens (tertiary/aromatic N) is 1. The van der Waals surface area contributed by atoms with E-state index in [4.69, 9.17) is 5.73 Å². The molecule has 8 heteroatoms. The fourth-order valence-electron chi connectivity index (χ4n) is 1.27. The summed E-state index contributed by atoms with van der Waals surface area (Å²) in [6, 6.07) is 0. The molecule has 0 atom stereocenters.